The zero-order valence-corrected chi connectivity index (χ0v) is 31.6. The second-order valence-corrected chi connectivity index (χ2v) is 14.3. The normalized spacial score (nSPS) is 19.5. The maximum Gasteiger partial charge on any atom is 1.00 e. The summed E-state index contributed by atoms with van der Waals surface area (Å²) in [5.74, 6) is 7.12. The van der Waals surface area contributed by atoms with Gasteiger partial charge in [0.05, 0.1) is 22.5 Å². The van der Waals surface area contributed by atoms with Crippen LogP contribution in [0.25, 0.3) is 0 Å². The van der Waals surface area contributed by atoms with Gasteiger partial charge in [0.25, 0.3) is 0 Å². The van der Waals surface area contributed by atoms with Gasteiger partial charge < -0.3 is 18.6 Å². The van der Waals surface area contributed by atoms with Gasteiger partial charge in [0, 0.05) is 6.42 Å². The van der Waals surface area contributed by atoms with Gasteiger partial charge in [0.15, 0.2) is 5.60 Å². The summed E-state index contributed by atoms with van der Waals surface area (Å²) in [7, 11) is -10.5. The second-order valence-electron chi connectivity index (χ2n) is 9.37. The van der Waals surface area contributed by atoms with Crippen LogP contribution in [0.5, 0.6) is 5.75 Å². The SMILES string of the molecule is O=S(=O)([O-])c1ccc(P(c2ccc(OCCC#C[C@]34CCCC[C@H]3O4)cc2)c2ccc(S(=O)(=O)[O-])cc2)cc1.[K+].[K+]. The molecule has 0 amide bonds. The summed E-state index contributed by atoms with van der Waals surface area (Å²) < 4.78 is 79.9. The Labute approximate surface area is 327 Å². The van der Waals surface area contributed by atoms with Crippen LogP contribution >= 0.6 is 7.92 Å². The van der Waals surface area contributed by atoms with Crippen molar-refractivity contribution in [3.05, 3.63) is 72.8 Å². The molecule has 204 valence electrons. The molecule has 1 heterocycles. The van der Waals surface area contributed by atoms with E-state index >= 15 is 0 Å². The predicted octanol–water partition coefficient (Wildman–Crippen LogP) is -3.26. The fourth-order valence-corrected chi connectivity index (χ4v) is 7.89. The van der Waals surface area contributed by atoms with E-state index in [1.54, 1.807) is 24.3 Å². The molecule has 0 spiro atoms. The van der Waals surface area contributed by atoms with Gasteiger partial charge in [-0.3, -0.25) is 0 Å². The predicted molar refractivity (Wildman–Crippen MR) is 145 cm³/mol. The van der Waals surface area contributed by atoms with Crippen LogP contribution in [0.1, 0.15) is 32.1 Å². The fourth-order valence-electron chi connectivity index (χ4n) is 4.72. The van der Waals surface area contributed by atoms with Crippen molar-refractivity contribution < 1.29 is 138 Å². The summed E-state index contributed by atoms with van der Waals surface area (Å²) in [6.07, 6.45) is 5.32. The summed E-state index contributed by atoms with van der Waals surface area (Å²) in [5.41, 5.74) is -0.219. The van der Waals surface area contributed by atoms with Gasteiger partial charge in [0.2, 0.25) is 0 Å². The molecular formula is C28H25K2O8PS2. The Bertz CT molecular complexity index is 1540. The van der Waals surface area contributed by atoms with Crippen molar-refractivity contribution in [3.8, 4) is 17.6 Å². The van der Waals surface area contributed by atoms with Crippen LogP contribution in [0.2, 0.25) is 0 Å². The van der Waals surface area contributed by atoms with Crippen molar-refractivity contribution in [2.45, 2.75) is 53.6 Å². The minimum absolute atomic E-state index is 0. The molecule has 1 saturated heterocycles. The van der Waals surface area contributed by atoms with Gasteiger partial charge >= 0.3 is 103 Å². The average molecular weight is 663 g/mol. The largest absolute Gasteiger partial charge is 1.00 e. The van der Waals surface area contributed by atoms with Crippen molar-refractivity contribution in [1.82, 2.24) is 0 Å². The average Bonchev–Trinajstić information content (AvgIpc) is 3.64. The van der Waals surface area contributed by atoms with Gasteiger partial charge in [0.1, 0.15) is 26.0 Å². The zero-order valence-electron chi connectivity index (χ0n) is 22.8. The zero-order chi connectivity index (χ0) is 27.7. The molecule has 0 unspecified atom stereocenters. The van der Waals surface area contributed by atoms with Crippen LogP contribution in [0.4, 0.5) is 0 Å². The molecule has 8 nitrogen and oxygen atoms in total. The quantitative estimate of drug-likeness (QED) is 0.0613. The Kier molecular flexibility index (Phi) is 13.3. The van der Waals surface area contributed by atoms with Crippen molar-refractivity contribution in [2.24, 2.45) is 0 Å². The monoisotopic (exact) mass is 662 g/mol. The van der Waals surface area contributed by atoms with E-state index in [0.717, 1.165) is 35.2 Å². The van der Waals surface area contributed by atoms with E-state index in [1.165, 1.54) is 30.7 Å². The number of fused-ring (bicyclic) bond motifs is 1. The number of epoxide rings is 1. The Morgan fingerprint density at radius 3 is 1.76 bits per heavy atom. The molecule has 3 aromatic rings. The third-order valence-electron chi connectivity index (χ3n) is 6.74. The molecule has 0 bridgehead atoms. The summed E-state index contributed by atoms with van der Waals surface area (Å²) >= 11 is 0. The second kappa shape index (κ2) is 15.2. The Morgan fingerprint density at radius 2 is 1.29 bits per heavy atom. The summed E-state index contributed by atoms with van der Waals surface area (Å²) in [5, 5.41) is 2.35. The van der Waals surface area contributed by atoms with E-state index in [9.17, 15) is 25.9 Å². The maximum absolute atomic E-state index is 11.4. The molecule has 5 rings (SSSR count). The smallest absolute Gasteiger partial charge is 0.744 e. The van der Waals surface area contributed by atoms with Crippen LogP contribution in [-0.2, 0) is 25.0 Å². The van der Waals surface area contributed by atoms with Crippen LogP contribution in [-0.4, -0.2) is 44.3 Å². The van der Waals surface area contributed by atoms with Crippen molar-refractivity contribution >= 4 is 44.1 Å². The molecule has 2 atom stereocenters. The Morgan fingerprint density at radius 1 is 0.805 bits per heavy atom. The maximum atomic E-state index is 11.4. The van der Waals surface area contributed by atoms with E-state index in [2.05, 4.69) is 11.8 Å². The Hall–Kier alpha value is 0.503. The minimum atomic E-state index is -4.60. The summed E-state index contributed by atoms with van der Waals surface area (Å²) in [6, 6.07) is 18.7. The van der Waals surface area contributed by atoms with Gasteiger partial charge in [-0.15, -0.1) is 0 Å². The molecule has 1 aliphatic heterocycles. The first kappa shape index (κ1) is 36.0. The van der Waals surface area contributed by atoms with Gasteiger partial charge in [-0.1, -0.05) is 54.7 Å². The van der Waals surface area contributed by atoms with Crippen molar-refractivity contribution in [2.75, 3.05) is 6.61 Å². The van der Waals surface area contributed by atoms with E-state index in [0.29, 0.717) is 24.9 Å². The van der Waals surface area contributed by atoms with Crippen molar-refractivity contribution in [3.63, 3.8) is 0 Å². The molecule has 41 heavy (non-hydrogen) atoms. The van der Waals surface area contributed by atoms with E-state index in [-0.39, 0.29) is 118 Å². The molecule has 13 heteroatoms. The minimum Gasteiger partial charge on any atom is -0.744 e. The van der Waals surface area contributed by atoms with Gasteiger partial charge in [-0.2, -0.15) is 0 Å². The van der Waals surface area contributed by atoms with Gasteiger partial charge in [-0.25, -0.2) is 16.8 Å². The molecule has 1 saturated carbocycles. The first-order chi connectivity index (χ1) is 18.6. The third-order valence-corrected chi connectivity index (χ3v) is 10.9. The number of rotatable bonds is 8. The van der Waals surface area contributed by atoms with Crippen LogP contribution < -0.4 is 123 Å². The van der Waals surface area contributed by atoms with E-state index in [4.69, 9.17) is 9.47 Å². The number of hydrogen-bond donors (Lipinski definition) is 0. The van der Waals surface area contributed by atoms with Crippen LogP contribution in [0.3, 0.4) is 0 Å². The van der Waals surface area contributed by atoms with Crippen molar-refractivity contribution in [1.29, 1.82) is 0 Å². The molecule has 1 aliphatic carbocycles. The van der Waals surface area contributed by atoms with Crippen LogP contribution in [0, 0.1) is 11.8 Å². The molecule has 3 aromatic carbocycles. The number of benzene rings is 3. The first-order valence-corrected chi connectivity index (χ1v) is 16.5. The topological polar surface area (TPSA) is 136 Å². The molecular weight excluding hydrogens is 638 g/mol. The molecule has 2 fully saturated rings. The van der Waals surface area contributed by atoms with Crippen LogP contribution in [0.15, 0.2) is 82.6 Å². The van der Waals surface area contributed by atoms with E-state index < -0.39 is 28.2 Å². The Balaban J connectivity index is 0.00000231. The molecule has 0 N–H and O–H groups in total. The standard InChI is InChI=1S/C28H27O8PS2.2K/c29-38(30,31)25-14-10-23(11-15-25)37(24-12-16-26(17-13-24)39(32,33)34)22-8-6-21(7-9-22)35-20-4-3-19-28-18-2-1-5-27(28)36-28;;/h6-17,27H,1-2,4-5,18,20H2,(H,29,30,31)(H,32,33,34);;/q;2*+1/p-2/t27-,28-;;/m1../s1. The molecule has 0 radical (unpaired) electrons. The van der Waals surface area contributed by atoms with Gasteiger partial charge in [-0.05, 0) is 79.5 Å². The summed E-state index contributed by atoms with van der Waals surface area (Å²) in [6.45, 7) is 0.429. The third kappa shape index (κ3) is 9.27. The summed E-state index contributed by atoms with van der Waals surface area (Å²) in [4.78, 5) is -0.680. The first-order valence-electron chi connectivity index (χ1n) is 12.4. The molecule has 2 aliphatic rings. The molecule has 0 aromatic heterocycles. The number of hydrogen-bond acceptors (Lipinski definition) is 8. The van der Waals surface area contributed by atoms with E-state index in [1.807, 2.05) is 24.3 Å². The fraction of sp³-hybridized carbons (Fsp3) is 0.286. The number of ether oxygens (including phenoxy) is 2.